The molecule has 0 atom stereocenters. The third-order valence-corrected chi connectivity index (χ3v) is 7.04. The Bertz CT molecular complexity index is 1920. The Morgan fingerprint density at radius 3 is 2.56 bits per heavy atom. The van der Waals surface area contributed by atoms with Gasteiger partial charge in [-0.05, 0) is 54.8 Å². The molecule has 0 fully saturated rings. The van der Waals surface area contributed by atoms with E-state index in [2.05, 4.69) is 25.6 Å². The largest absolute Gasteiger partial charge is 0.365 e. The van der Waals surface area contributed by atoms with Gasteiger partial charge in [-0.3, -0.25) is 9.55 Å². The Morgan fingerprint density at radius 1 is 1.05 bits per heavy atom. The predicted molar refractivity (Wildman–Crippen MR) is 144 cm³/mol. The standard InChI is InChI=1S/C26H20F2N8O2S/c1-13-4-17(11-31-10-13)36-25(37)34-23(32-20-8-22-21(7-19(20)28)33-24(30-3)39-22)35(26(36)38)12-16-6-15(9-29)18(27)5-14(16)2/h4-8,10-11H,12H2,1-3H3,(H,30,33)(H,32,34,37). The predicted octanol–water partition coefficient (Wildman–Crippen LogP) is 4.00. The number of fused-ring (bicyclic) bond motifs is 1. The zero-order chi connectivity index (χ0) is 27.8. The summed E-state index contributed by atoms with van der Waals surface area (Å²) in [6.07, 6.45) is 2.92. The van der Waals surface area contributed by atoms with Crippen molar-refractivity contribution in [1.82, 2.24) is 24.1 Å². The van der Waals surface area contributed by atoms with Gasteiger partial charge in [0.15, 0.2) is 5.13 Å². The number of hydrogen-bond acceptors (Lipinski definition) is 9. The van der Waals surface area contributed by atoms with Crippen molar-refractivity contribution >= 4 is 38.3 Å². The Morgan fingerprint density at radius 2 is 1.85 bits per heavy atom. The fraction of sp³-hybridized carbons (Fsp3) is 0.154. The van der Waals surface area contributed by atoms with Crippen LogP contribution in [-0.2, 0) is 6.54 Å². The van der Waals surface area contributed by atoms with Crippen LogP contribution in [0.1, 0.15) is 22.3 Å². The number of halogens is 2. The number of pyridine rings is 1. The summed E-state index contributed by atoms with van der Waals surface area (Å²) >= 11 is 1.30. The third-order valence-electron chi connectivity index (χ3n) is 6.00. The summed E-state index contributed by atoms with van der Waals surface area (Å²) in [5.74, 6) is -1.60. The molecule has 13 heteroatoms. The minimum atomic E-state index is -0.906. The first kappa shape index (κ1) is 25.7. The number of aromatic nitrogens is 5. The second kappa shape index (κ2) is 10.1. The minimum absolute atomic E-state index is 0.0302. The van der Waals surface area contributed by atoms with Crippen LogP contribution in [0.25, 0.3) is 15.9 Å². The van der Waals surface area contributed by atoms with E-state index in [0.29, 0.717) is 32.0 Å². The summed E-state index contributed by atoms with van der Waals surface area (Å²) in [6.45, 7) is 3.19. The molecular formula is C26H20F2N8O2S. The van der Waals surface area contributed by atoms with E-state index in [-0.39, 0.29) is 29.4 Å². The van der Waals surface area contributed by atoms with Crippen LogP contribution in [0.3, 0.4) is 0 Å². The quantitative estimate of drug-likeness (QED) is 0.327. The molecule has 3 heterocycles. The average molecular weight is 547 g/mol. The summed E-state index contributed by atoms with van der Waals surface area (Å²) < 4.78 is 31.9. The lowest BCUT2D eigenvalue weighted by molar-refractivity contribution is 0.616. The number of hydrogen-bond donors (Lipinski definition) is 2. The van der Waals surface area contributed by atoms with E-state index in [1.165, 1.54) is 41.8 Å². The molecule has 196 valence electrons. The molecule has 0 aliphatic rings. The van der Waals surface area contributed by atoms with Gasteiger partial charge in [0.05, 0.1) is 39.9 Å². The van der Waals surface area contributed by atoms with Crippen LogP contribution in [0.4, 0.5) is 25.5 Å². The number of nitrogens with one attached hydrogen (secondary N) is 2. The maximum atomic E-state index is 15.1. The Labute approximate surface area is 223 Å². The molecule has 3 aromatic heterocycles. The summed E-state index contributed by atoms with van der Waals surface area (Å²) in [4.78, 5) is 39.2. The molecule has 5 rings (SSSR count). The highest BCUT2D eigenvalue weighted by molar-refractivity contribution is 7.22. The highest BCUT2D eigenvalue weighted by Gasteiger charge is 2.19. The Hall–Kier alpha value is -4.96. The third kappa shape index (κ3) is 4.85. The van der Waals surface area contributed by atoms with Crippen LogP contribution < -0.4 is 22.0 Å². The van der Waals surface area contributed by atoms with Crippen molar-refractivity contribution in [2.75, 3.05) is 17.7 Å². The maximum Gasteiger partial charge on any atom is 0.359 e. The number of nitriles is 1. The highest BCUT2D eigenvalue weighted by Crippen LogP contribution is 2.31. The maximum absolute atomic E-state index is 15.1. The summed E-state index contributed by atoms with van der Waals surface area (Å²) in [7, 11) is 1.70. The van der Waals surface area contributed by atoms with Gasteiger partial charge in [0.2, 0.25) is 5.95 Å². The van der Waals surface area contributed by atoms with Crippen LogP contribution >= 0.6 is 11.3 Å². The van der Waals surface area contributed by atoms with Crippen LogP contribution in [0, 0.1) is 36.8 Å². The number of benzene rings is 2. The van der Waals surface area contributed by atoms with Gasteiger partial charge in [-0.25, -0.2) is 27.9 Å². The van der Waals surface area contributed by atoms with E-state index in [1.807, 2.05) is 0 Å². The van der Waals surface area contributed by atoms with Crippen molar-refractivity contribution in [3.63, 3.8) is 0 Å². The topological polar surface area (TPSA) is 131 Å². The van der Waals surface area contributed by atoms with Crippen molar-refractivity contribution in [3.8, 4) is 11.8 Å². The summed E-state index contributed by atoms with van der Waals surface area (Å²) in [5.41, 5.74) is 0.318. The van der Waals surface area contributed by atoms with Gasteiger partial charge in [-0.1, -0.05) is 11.3 Å². The van der Waals surface area contributed by atoms with Crippen LogP contribution in [0.2, 0.25) is 0 Å². The molecule has 10 nitrogen and oxygen atoms in total. The van der Waals surface area contributed by atoms with Gasteiger partial charge in [0.25, 0.3) is 0 Å². The highest BCUT2D eigenvalue weighted by atomic mass is 32.1. The fourth-order valence-electron chi connectivity index (χ4n) is 4.03. The van der Waals surface area contributed by atoms with Gasteiger partial charge >= 0.3 is 11.4 Å². The van der Waals surface area contributed by atoms with E-state index in [0.717, 1.165) is 9.13 Å². The zero-order valence-electron chi connectivity index (χ0n) is 20.9. The molecule has 0 aliphatic heterocycles. The zero-order valence-corrected chi connectivity index (χ0v) is 21.7. The SMILES string of the molecule is CNc1nc2cc(F)c(Nc3nc(=O)n(-c4cncc(C)c4)c(=O)n3Cc3cc(C#N)c(F)cc3C)cc2s1. The molecule has 0 saturated carbocycles. The first-order valence-electron chi connectivity index (χ1n) is 11.6. The first-order chi connectivity index (χ1) is 18.7. The monoisotopic (exact) mass is 546 g/mol. The smallest absolute Gasteiger partial charge is 0.359 e. The van der Waals surface area contributed by atoms with Crippen LogP contribution in [0.5, 0.6) is 0 Å². The molecule has 0 aliphatic carbocycles. The molecule has 5 aromatic rings. The Kier molecular flexibility index (Phi) is 6.63. The van der Waals surface area contributed by atoms with Crippen molar-refractivity contribution in [2.24, 2.45) is 0 Å². The van der Waals surface area contributed by atoms with Crippen molar-refractivity contribution in [3.05, 3.63) is 97.6 Å². The van der Waals surface area contributed by atoms with Gasteiger partial charge in [-0.15, -0.1) is 0 Å². The molecule has 0 spiro atoms. The molecule has 0 radical (unpaired) electrons. The number of nitrogens with zero attached hydrogens (tertiary/aromatic N) is 6. The molecule has 0 unspecified atom stereocenters. The molecular weight excluding hydrogens is 526 g/mol. The number of rotatable bonds is 6. The summed E-state index contributed by atoms with van der Waals surface area (Å²) in [6, 6.07) is 8.65. The van der Waals surface area contributed by atoms with E-state index < -0.39 is 23.0 Å². The molecule has 0 amide bonds. The molecule has 39 heavy (non-hydrogen) atoms. The van der Waals surface area contributed by atoms with Crippen molar-refractivity contribution in [2.45, 2.75) is 20.4 Å². The number of thiazole rings is 1. The van der Waals surface area contributed by atoms with Gasteiger partial charge in [0, 0.05) is 19.3 Å². The molecule has 0 saturated heterocycles. The first-order valence-corrected chi connectivity index (χ1v) is 12.4. The normalized spacial score (nSPS) is 11.0. The summed E-state index contributed by atoms with van der Waals surface area (Å²) in [5, 5.41) is 15.6. The van der Waals surface area contributed by atoms with Crippen molar-refractivity contribution in [1.29, 1.82) is 5.26 Å². The van der Waals surface area contributed by atoms with E-state index in [9.17, 15) is 19.2 Å². The number of anilines is 3. The fourth-order valence-corrected chi connectivity index (χ4v) is 4.87. The molecule has 2 N–H and O–H groups in total. The minimum Gasteiger partial charge on any atom is -0.365 e. The lowest BCUT2D eigenvalue weighted by Gasteiger charge is -2.17. The van der Waals surface area contributed by atoms with Crippen LogP contribution in [-0.4, -0.2) is 31.1 Å². The Balaban J connectivity index is 1.70. The van der Waals surface area contributed by atoms with Crippen LogP contribution in [0.15, 0.2) is 52.3 Å². The van der Waals surface area contributed by atoms with Gasteiger partial charge in [-0.2, -0.15) is 10.2 Å². The second-order valence-corrected chi connectivity index (χ2v) is 9.74. The van der Waals surface area contributed by atoms with Crippen molar-refractivity contribution < 1.29 is 8.78 Å². The number of aryl methyl sites for hydroxylation is 2. The second-order valence-electron chi connectivity index (χ2n) is 8.71. The molecule has 0 bridgehead atoms. The van der Waals surface area contributed by atoms with Gasteiger partial charge in [0.1, 0.15) is 17.7 Å². The van der Waals surface area contributed by atoms with E-state index in [4.69, 9.17) is 0 Å². The average Bonchev–Trinajstić information content (AvgIpc) is 3.29. The van der Waals surface area contributed by atoms with Gasteiger partial charge < -0.3 is 10.6 Å². The lowest BCUT2D eigenvalue weighted by Crippen LogP contribution is -2.42. The van der Waals surface area contributed by atoms with E-state index >= 15 is 4.39 Å². The van der Waals surface area contributed by atoms with E-state index in [1.54, 1.807) is 39.2 Å². The lowest BCUT2D eigenvalue weighted by atomic mass is 10.0. The molecule has 2 aromatic carbocycles.